The molecule has 0 bridgehead atoms. The second-order valence-corrected chi connectivity index (χ2v) is 5.96. The molecule has 1 aliphatic heterocycles. The van der Waals surface area contributed by atoms with E-state index >= 15 is 0 Å². The zero-order valence-corrected chi connectivity index (χ0v) is 13.5. The molecular weight excluding hydrogens is 286 g/mol. The van der Waals surface area contributed by atoms with Crippen LogP contribution in [-0.4, -0.2) is 48.4 Å². The van der Waals surface area contributed by atoms with Gasteiger partial charge in [-0.25, -0.2) is 0 Å². The first-order chi connectivity index (χ1) is 11.2. The van der Waals surface area contributed by atoms with Gasteiger partial charge in [0.05, 0.1) is 12.5 Å². The molecule has 1 heterocycles. The second kappa shape index (κ2) is 6.80. The SMILES string of the molecule is CCN1CCN(C(=O)c2ccc3cc(CC#N)ccc3c2)CC1. The third-order valence-electron chi connectivity index (χ3n) is 4.54. The fraction of sp³-hybridized carbons (Fsp3) is 0.368. The van der Waals surface area contributed by atoms with Crippen molar-refractivity contribution in [2.75, 3.05) is 32.7 Å². The molecule has 0 radical (unpaired) electrons. The van der Waals surface area contributed by atoms with Crippen LogP contribution in [0.3, 0.4) is 0 Å². The highest BCUT2D eigenvalue weighted by molar-refractivity contribution is 5.98. The quantitative estimate of drug-likeness (QED) is 0.876. The molecule has 2 aromatic carbocycles. The largest absolute Gasteiger partial charge is 0.336 e. The molecular formula is C19H21N3O. The maximum Gasteiger partial charge on any atom is 0.253 e. The molecule has 2 aromatic rings. The van der Waals surface area contributed by atoms with Gasteiger partial charge < -0.3 is 9.80 Å². The van der Waals surface area contributed by atoms with Gasteiger partial charge in [-0.2, -0.15) is 5.26 Å². The van der Waals surface area contributed by atoms with E-state index in [2.05, 4.69) is 17.9 Å². The number of hydrogen-bond donors (Lipinski definition) is 0. The van der Waals surface area contributed by atoms with Crippen LogP contribution in [0.25, 0.3) is 10.8 Å². The summed E-state index contributed by atoms with van der Waals surface area (Å²) in [6, 6.07) is 14.0. The minimum absolute atomic E-state index is 0.115. The van der Waals surface area contributed by atoms with Crippen molar-refractivity contribution in [3.05, 3.63) is 47.5 Å². The highest BCUT2D eigenvalue weighted by Gasteiger charge is 2.21. The van der Waals surface area contributed by atoms with E-state index in [1.165, 1.54) is 0 Å². The zero-order valence-electron chi connectivity index (χ0n) is 13.5. The molecule has 1 fully saturated rings. The zero-order chi connectivity index (χ0) is 16.2. The van der Waals surface area contributed by atoms with Crippen molar-refractivity contribution in [1.29, 1.82) is 5.26 Å². The first-order valence-corrected chi connectivity index (χ1v) is 8.12. The fourth-order valence-electron chi connectivity index (χ4n) is 3.08. The lowest BCUT2D eigenvalue weighted by atomic mass is 10.0. The summed E-state index contributed by atoms with van der Waals surface area (Å²) >= 11 is 0. The Labute approximate surface area is 136 Å². The van der Waals surface area contributed by atoms with Crippen molar-refractivity contribution in [3.8, 4) is 6.07 Å². The van der Waals surface area contributed by atoms with Crippen molar-refractivity contribution >= 4 is 16.7 Å². The number of amides is 1. The van der Waals surface area contributed by atoms with Crippen LogP contribution in [-0.2, 0) is 6.42 Å². The van der Waals surface area contributed by atoms with Crippen LogP contribution >= 0.6 is 0 Å². The average Bonchev–Trinajstić information content (AvgIpc) is 2.61. The number of carbonyl (C=O) groups excluding carboxylic acids is 1. The number of benzene rings is 2. The monoisotopic (exact) mass is 307 g/mol. The number of fused-ring (bicyclic) bond motifs is 1. The van der Waals surface area contributed by atoms with E-state index in [0.29, 0.717) is 6.42 Å². The van der Waals surface area contributed by atoms with Gasteiger partial charge in [0.1, 0.15) is 0 Å². The summed E-state index contributed by atoms with van der Waals surface area (Å²) < 4.78 is 0. The Bertz CT molecular complexity index is 755. The van der Waals surface area contributed by atoms with Gasteiger partial charge in [0.25, 0.3) is 5.91 Å². The Morgan fingerprint density at radius 2 is 1.78 bits per heavy atom. The smallest absolute Gasteiger partial charge is 0.253 e. The molecule has 4 nitrogen and oxygen atoms in total. The van der Waals surface area contributed by atoms with Gasteiger partial charge in [-0.3, -0.25) is 4.79 Å². The first kappa shape index (κ1) is 15.5. The minimum Gasteiger partial charge on any atom is -0.336 e. The molecule has 3 rings (SSSR count). The van der Waals surface area contributed by atoms with E-state index in [1.807, 2.05) is 41.3 Å². The van der Waals surface area contributed by atoms with E-state index < -0.39 is 0 Å². The summed E-state index contributed by atoms with van der Waals surface area (Å²) in [5.41, 5.74) is 1.75. The first-order valence-electron chi connectivity index (χ1n) is 8.12. The predicted molar refractivity (Wildman–Crippen MR) is 91.3 cm³/mol. The number of nitrogens with zero attached hydrogens (tertiary/aromatic N) is 3. The number of hydrogen-bond acceptors (Lipinski definition) is 3. The minimum atomic E-state index is 0.115. The van der Waals surface area contributed by atoms with E-state index in [0.717, 1.165) is 54.6 Å². The van der Waals surface area contributed by atoms with Crippen LogP contribution in [0.15, 0.2) is 36.4 Å². The Balaban J connectivity index is 1.79. The van der Waals surface area contributed by atoms with Gasteiger partial charge in [0.15, 0.2) is 0 Å². The summed E-state index contributed by atoms with van der Waals surface area (Å²) in [7, 11) is 0. The fourth-order valence-corrected chi connectivity index (χ4v) is 3.08. The van der Waals surface area contributed by atoms with Crippen LogP contribution in [0.5, 0.6) is 0 Å². The molecule has 0 spiro atoms. The van der Waals surface area contributed by atoms with E-state index in [1.54, 1.807) is 0 Å². The van der Waals surface area contributed by atoms with Gasteiger partial charge >= 0.3 is 0 Å². The molecule has 23 heavy (non-hydrogen) atoms. The molecule has 0 atom stereocenters. The number of piperazine rings is 1. The Morgan fingerprint density at radius 3 is 2.48 bits per heavy atom. The molecule has 0 unspecified atom stereocenters. The molecule has 1 aliphatic rings. The van der Waals surface area contributed by atoms with Crippen LogP contribution in [0.4, 0.5) is 0 Å². The van der Waals surface area contributed by atoms with Crippen molar-refractivity contribution < 1.29 is 4.79 Å². The van der Waals surface area contributed by atoms with E-state index in [-0.39, 0.29) is 5.91 Å². The topological polar surface area (TPSA) is 47.3 Å². The van der Waals surface area contributed by atoms with Crippen LogP contribution in [0.1, 0.15) is 22.8 Å². The van der Waals surface area contributed by atoms with Crippen LogP contribution < -0.4 is 0 Å². The van der Waals surface area contributed by atoms with Crippen molar-refractivity contribution in [3.63, 3.8) is 0 Å². The maximum atomic E-state index is 12.7. The van der Waals surface area contributed by atoms with Crippen LogP contribution in [0.2, 0.25) is 0 Å². The van der Waals surface area contributed by atoms with Crippen LogP contribution in [0, 0.1) is 11.3 Å². The predicted octanol–water partition coefficient (Wildman–Crippen LogP) is 2.68. The third kappa shape index (κ3) is 3.35. The molecule has 1 saturated heterocycles. The standard InChI is InChI=1S/C19H21N3O/c1-2-21-9-11-22(12-10-21)19(23)18-6-5-16-13-15(7-8-20)3-4-17(16)14-18/h3-6,13-14H,2,7,9-12H2,1H3. The van der Waals surface area contributed by atoms with E-state index in [9.17, 15) is 4.79 Å². The molecule has 0 N–H and O–H groups in total. The Kier molecular flexibility index (Phi) is 4.59. The van der Waals surface area contributed by atoms with Gasteiger partial charge in [-0.05, 0) is 35.0 Å². The lowest BCUT2D eigenvalue weighted by Gasteiger charge is -2.34. The number of carbonyl (C=O) groups is 1. The summed E-state index contributed by atoms with van der Waals surface area (Å²) in [5.74, 6) is 0.115. The second-order valence-electron chi connectivity index (χ2n) is 5.96. The maximum absolute atomic E-state index is 12.7. The van der Waals surface area contributed by atoms with Gasteiger partial charge in [0.2, 0.25) is 0 Å². The average molecular weight is 307 g/mol. The Hall–Kier alpha value is -2.38. The molecule has 118 valence electrons. The van der Waals surface area contributed by atoms with Gasteiger partial charge in [-0.15, -0.1) is 0 Å². The molecule has 4 heteroatoms. The highest BCUT2D eigenvalue weighted by atomic mass is 16.2. The number of likely N-dealkylation sites (N-methyl/N-ethyl adjacent to an activating group) is 1. The lowest BCUT2D eigenvalue weighted by Crippen LogP contribution is -2.48. The third-order valence-corrected chi connectivity index (χ3v) is 4.54. The number of nitriles is 1. The highest BCUT2D eigenvalue weighted by Crippen LogP contribution is 2.20. The van der Waals surface area contributed by atoms with Crippen molar-refractivity contribution in [2.24, 2.45) is 0 Å². The summed E-state index contributed by atoms with van der Waals surface area (Å²) in [6.07, 6.45) is 0.415. The number of rotatable bonds is 3. The molecule has 1 amide bonds. The summed E-state index contributed by atoms with van der Waals surface area (Å²) in [6.45, 7) is 6.70. The summed E-state index contributed by atoms with van der Waals surface area (Å²) in [4.78, 5) is 17.0. The normalized spacial score (nSPS) is 15.6. The lowest BCUT2D eigenvalue weighted by molar-refractivity contribution is 0.0643. The molecule has 0 aromatic heterocycles. The van der Waals surface area contributed by atoms with E-state index in [4.69, 9.17) is 5.26 Å². The molecule has 0 aliphatic carbocycles. The summed E-state index contributed by atoms with van der Waals surface area (Å²) in [5, 5.41) is 10.9. The van der Waals surface area contributed by atoms with Gasteiger partial charge in [-0.1, -0.05) is 31.2 Å². The molecule has 0 saturated carbocycles. The Morgan fingerprint density at radius 1 is 1.09 bits per heavy atom. The van der Waals surface area contributed by atoms with Crippen molar-refractivity contribution in [2.45, 2.75) is 13.3 Å². The van der Waals surface area contributed by atoms with Gasteiger partial charge in [0, 0.05) is 31.7 Å². The van der Waals surface area contributed by atoms with Crippen molar-refractivity contribution in [1.82, 2.24) is 9.80 Å².